The number of carbonyl (C=O) groups excluding carboxylic acids is 1. The topological polar surface area (TPSA) is 66.4 Å². The molecular weight excluding hydrogens is 322 g/mol. The van der Waals surface area contributed by atoms with Gasteiger partial charge in [-0.15, -0.1) is 0 Å². The van der Waals surface area contributed by atoms with Crippen LogP contribution in [0.3, 0.4) is 0 Å². The van der Waals surface area contributed by atoms with Crippen molar-refractivity contribution in [1.29, 1.82) is 0 Å². The minimum atomic E-state index is -0.817. The highest BCUT2D eigenvalue weighted by Gasteiger charge is 2.34. The van der Waals surface area contributed by atoms with Crippen molar-refractivity contribution in [3.8, 4) is 0 Å². The van der Waals surface area contributed by atoms with Crippen LogP contribution in [-0.2, 0) is 9.59 Å². The zero-order valence-electron chi connectivity index (χ0n) is 11.3. The highest BCUT2D eigenvalue weighted by atomic mass is 79.9. The number of aliphatic carboxylic acids is 1. The predicted molar refractivity (Wildman–Crippen MR) is 79.5 cm³/mol. The van der Waals surface area contributed by atoms with Crippen LogP contribution in [0.4, 0.5) is 0 Å². The summed E-state index contributed by atoms with van der Waals surface area (Å²) in [5.41, 5.74) is 0.918. The number of hydrogen-bond acceptors (Lipinski definition) is 2. The second-order valence-corrected chi connectivity index (χ2v) is 6.18. The molecule has 20 heavy (non-hydrogen) atoms. The normalized spacial score (nSPS) is 23.3. The van der Waals surface area contributed by atoms with Gasteiger partial charge < -0.3 is 10.4 Å². The number of carboxylic acid groups (broad SMARTS) is 1. The zero-order valence-corrected chi connectivity index (χ0v) is 12.9. The number of benzene rings is 1. The fourth-order valence-corrected chi connectivity index (χ4v) is 3.08. The average molecular weight is 340 g/mol. The quantitative estimate of drug-likeness (QED) is 0.886. The molecule has 1 aliphatic carbocycles. The molecule has 0 aromatic heterocycles. The zero-order chi connectivity index (χ0) is 14.7. The van der Waals surface area contributed by atoms with Gasteiger partial charge in [-0.3, -0.25) is 9.59 Å². The molecule has 3 atom stereocenters. The lowest BCUT2D eigenvalue weighted by Crippen LogP contribution is -2.41. The van der Waals surface area contributed by atoms with Crippen molar-refractivity contribution in [2.75, 3.05) is 0 Å². The Balaban J connectivity index is 2.03. The Labute approximate surface area is 126 Å². The summed E-state index contributed by atoms with van der Waals surface area (Å²) in [6.45, 7) is 1.84. The summed E-state index contributed by atoms with van der Waals surface area (Å²) in [5.74, 6) is -1.67. The summed E-state index contributed by atoms with van der Waals surface area (Å²) in [6.07, 6.45) is 2.24. The van der Waals surface area contributed by atoms with E-state index >= 15 is 0 Å². The van der Waals surface area contributed by atoms with E-state index in [9.17, 15) is 9.59 Å². The van der Waals surface area contributed by atoms with Gasteiger partial charge in [0.15, 0.2) is 0 Å². The molecule has 1 fully saturated rings. The first-order valence-corrected chi connectivity index (χ1v) is 7.57. The molecule has 2 N–H and O–H groups in total. The number of carbonyl (C=O) groups is 2. The Bertz CT molecular complexity index is 518. The summed E-state index contributed by atoms with van der Waals surface area (Å²) < 4.78 is 0.930. The Morgan fingerprint density at radius 3 is 2.80 bits per heavy atom. The van der Waals surface area contributed by atoms with Crippen LogP contribution in [0.15, 0.2) is 28.7 Å². The maximum Gasteiger partial charge on any atom is 0.308 e. The summed E-state index contributed by atoms with van der Waals surface area (Å²) in [7, 11) is 0. The summed E-state index contributed by atoms with van der Waals surface area (Å²) in [4.78, 5) is 23.4. The SMILES string of the molecule is CC(C(=O)N[C@@H]1CCC[C@@H]1C(=O)O)c1cccc(Br)c1. The predicted octanol–water partition coefficient (Wildman–Crippen LogP) is 2.92. The van der Waals surface area contributed by atoms with Crippen LogP contribution in [0.2, 0.25) is 0 Å². The Morgan fingerprint density at radius 2 is 2.15 bits per heavy atom. The molecule has 0 heterocycles. The third-order valence-electron chi connectivity index (χ3n) is 3.90. The molecule has 2 rings (SSSR count). The summed E-state index contributed by atoms with van der Waals surface area (Å²) in [6, 6.07) is 7.37. The number of carboxylic acids is 1. The summed E-state index contributed by atoms with van der Waals surface area (Å²) in [5, 5.41) is 12.0. The maximum absolute atomic E-state index is 12.3. The molecule has 1 unspecified atom stereocenters. The van der Waals surface area contributed by atoms with Crippen LogP contribution in [0, 0.1) is 5.92 Å². The van der Waals surface area contributed by atoms with E-state index in [2.05, 4.69) is 21.2 Å². The second kappa shape index (κ2) is 6.39. The van der Waals surface area contributed by atoms with Crippen LogP contribution in [-0.4, -0.2) is 23.0 Å². The van der Waals surface area contributed by atoms with Crippen LogP contribution < -0.4 is 5.32 Å². The first-order valence-electron chi connectivity index (χ1n) is 6.77. The monoisotopic (exact) mass is 339 g/mol. The molecule has 0 bridgehead atoms. The Kier molecular flexibility index (Phi) is 4.81. The van der Waals surface area contributed by atoms with E-state index in [1.165, 1.54) is 0 Å². The van der Waals surface area contributed by atoms with Crippen molar-refractivity contribution in [2.45, 2.75) is 38.1 Å². The number of rotatable bonds is 4. The van der Waals surface area contributed by atoms with E-state index in [0.717, 1.165) is 22.9 Å². The van der Waals surface area contributed by atoms with Crippen LogP contribution >= 0.6 is 15.9 Å². The van der Waals surface area contributed by atoms with E-state index in [1.54, 1.807) is 0 Å². The largest absolute Gasteiger partial charge is 0.481 e. The smallest absolute Gasteiger partial charge is 0.308 e. The lowest BCUT2D eigenvalue weighted by atomic mass is 9.98. The first kappa shape index (κ1) is 15.0. The van der Waals surface area contributed by atoms with Gasteiger partial charge in [0.05, 0.1) is 11.8 Å². The fraction of sp³-hybridized carbons (Fsp3) is 0.467. The van der Waals surface area contributed by atoms with E-state index in [-0.39, 0.29) is 17.9 Å². The van der Waals surface area contributed by atoms with Crippen molar-refractivity contribution in [2.24, 2.45) is 5.92 Å². The molecule has 1 aromatic rings. The highest BCUT2D eigenvalue weighted by molar-refractivity contribution is 9.10. The van der Waals surface area contributed by atoms with Crippen molar-refractivity contribution >= 4 is 27.8 Å². The highest BCUT2D eigenvalue weighted by Crippen LogP contribution is 2.27. The van der Waals surface area contributed by atoms with Gasteiger partial charge in [-0.1, -0.05) is 34.5 Å². The van der Waals surface area contributed by atoms with Gasteiger partial charge in [0, 0.05) is 10.5 Å². The summed E-state index contributed by atoms with van der Waals surface area (Å²) >= 11 is 3.39. The lowest BCUT2D eigenvalue weighted by molar-refractivity contribution is -0.142. The van der Waals surface area contributed by atoms with Crippen molar-refractivity contribution in [3.05, 3.63) is 34.3 Å². The molecule has 1 aromatic carbocycles. The third-order valence-corrected chi connectivity index (χ3v) is 4.40. The molecule has 0 saturated heterocycles. The van der Waals surface area contributed by atoms with Gasteiger partial charge in [-0.25, -0.2) is 0 Å². The van der Waals surface area contributed by atoms with Gasteiger partial charge in [0.1, 0.15) is 0 Å². The standard InChI is InChI=1S/C15H18BrNO3/c1-9(10-4-2-5-11(16)8-10)14(18)17-13-7-3-6-12(13)15(19)20/h2,4-5,8-9,12-13H,3,6-7H2,1H3,(H,17,18)(H,19,20)/t9?,12-,13+/m0/s1. The molecule has 0 aliphatic heterocycles. The molecule has 1 saturated carbocycles. The Morgan fingerprint density at radius 1 is 1.40 bits per heavy atom. The molecule has 0 radical (unpaired) electrons. The van der Waals surface area contributed by atoms with Gasteiger partial charge in [0.25, 0.3) is 0 Å². The number of hydrogen-bond donors (Lipinski definition) is 2. The molecule has 0 spiro atoms. The third kappa shape index (κ3) is 3.39. The first-order chi connectivity index (χ1) is 9.49. The van der Waals surface area contributed by atoms with E-state index in [0.29, 0.717) is 6.42 Å². The molecular formula is C15H18BrNO3. The molecule has 1 aliphatic rings. The number of nitrogens with one attached hydrogen (secondary N) is 1. The van der Waals surface area contributed by atoms with Gasteiger partial charge in [0.2, 0.25) is 5.91 Å². The van der Waals surface area contributed by atoms with E-state index in [4.69, 9.17) is 5.11 Å². The second-order valence-electron chi connectivity index (χ2n) is 5.27. The van der Waals surface area contributed by atoms with E-state index < -0.39 is 11.9 Å². The maximum atomic E-state index is 12.3. The van der Waals surface area contributed by atoms with Crippen LogP contribution in [0.1, 0.15) is 37.7 Å². The van der Waals surface area contributed by atoms with Crippen molar-refractivity contribution < 1.29 is 14.7 Å². The number of halogens is 1. The minimum absolute atomic E-state index is 0.110. The van der Waals surface area contributed by atoms with Crippen LogP contribution in [0.25, 0.3) is 0 Å². The molecule has 5 heteroatoms. The molecule has 1 amide bonds. The van der Waals surface area contributed by atoms with Gasteiger partial charge in [-0.05, 0) is 37.5 Å². The van der Waals surface area contributed by atoms with Gasteiger partial charge >= 0.3 is 5.97 Å². The number of amides is 1. The van der Waals surface area contributed by atoms with Crippen molar-refractivity contribution in [1.82, 2.24) is 5.32 Å². The molecule has 108 valence electrons. The fourth-order valence-electron chi connectivity index (χ4n) is 2.66. The van der Waals surface area contributed by atoms with Crippen LogP contribution in [0.5, 0.6) is 0 Å². The van der Waals surface area contributed by atoms with Crippen molar-refractivity contribution in [3.63, 3.8) is 0 Å². The van der Waals surface area contributed by atoms with E-state index in [1.807, 2.05) is 31.2 Å². The minimum Gasteiger partial charge on any atom is -0.481 e. The Hall–Kier alpha value is -1.36. The molecule has 4 nitrogen and oxygen atoms in total. The van der Waals surface area contributed by atoms with Gasteiger partial charge in [-0.2, -0.15) is 0 Å². The average Bonchev–Trinajstić information content (AvgIpc) is 2.86. The lowest BCUT2D eigenvalue weighted by Gasteiger charge is -2.20.